The second-order valence-electron chi connectivity index (χ2n) is 4.35. The number of carbonyl (C=O) groups is 1. The van der Waals surface area contributed by atoms with Gasteiger partial charge in [-0.3, -0.25) is 4.79 Å². The summed E-state index contributed by atoms with van der Waals surface area (Å²) in [6.45, 7) is 0.843. The number of benzene rings is 1. The molecule has 16 heavy (non-hydrogen) atoms. The summed E-state index contributed by atoms with van der Waals surface area (Å²) in [5.41, 5.74) is 3.03. The molecule has 2 heterocycles. The molecule has 0 fully saturated rings. The highest BCUT2D eigenvalue weighted by molar-refractivity contribution is 6.01. The molecular formula is C13H14N2O. The summed E-state index contributed by atoms with van der Waals surface area (Å²) in [6.07, 6.45) is 2.02. The maximum absolute atomic E-state index is 12.1. The predicted molar refractivity (Wildman–Crippen MR) is 63.6 cm³/mol. The van der Waals surface area contributed by atoms with Crippen molar-refractivity contribution in [1.82, 2.24) is 9.88 Å². The number of para-hydroxylation sites is 1. The van der Waals surface area contributed by atoms with E-state index in [-0.39, 0.29) is 5.91 Å². The summed E-state index contributed by atoms with van der Waals surface area (Å²) in [7, 11) is 1.86. The van der Waals surface area contributed by atoms with E-state index in [0.717, 1.165) is 30.6 Å². The molecule has 2 aromatic rings. The van der Waals surface area contributed by atoms with Crippen LogP contribution in [0, 0.1) is 0 Å². The van der Waals surface area contributed by atoms with Crippen molar-refractivity contribution in [1.29, 1.82) is 0 Å². The predicted octanol–water partition coefficient (Wildman–Crippen LogP) is 2.19. The van der Waals surface area contributed by atoms with Crippen LogP contribution in [0.15, 0.2) is 24.3 Å². The summed E-state index contributed by atoms with van der Waals surface area (Å²) in [5.74, 6) is 0.115. The van der Waals surface area contributed by atoms with E-state index >= 15 is 0 Å². The fraction of sp³-hybridized carbons (Fsp3) is 0.308. The zero-order chi connectivity index (χ0) is 11.1. The Morgan fingerprint density at radius 2 is 2.12 bits per heavy atom. The van der Waals surface area contributed by atoms with Crippen LogP contribution in [-0.4, -0.2) is 29.4 Å². The molecule has 1 aliphatic rings. The Balaban J connectivity index is 2.27. The molecule has 1 amide bonds. The summed E-state index contributed by atoms with van der Waals surface area (Å²) < 4.78 is 0. The summed E-state index contributed by atoms with van der Waals surface area (Å²) in [6, 6.07) is 8.13. The monoisotopic (exact) mass is 214 g/mol. The number of nitrogens with zero attached hydrogens (tertiary/aromatic N) is 1. The maximum Gasteiger partial charge on any atom is 0.270 e. The maximum atomic E-state index is 12.1. The molecule has 0 radical (unpaired) electrons. The van der Waals surface area contributed by atoms with E-state index in [4.69, 9.17) is 0 Å². The van der Waals surface area contributed by atoms with Crippen LogP contribution in [0.4, 0.5) is 0 Å². The highest BCUT2D eigenvalue weighted by Crippen LogP contribution is 2.26. The number of aromatic amines is 1. The average molecular weight is 214 g/mol. The zero-order valence-corrected chi connectivity index (χ0v) is 9.29. The Morgan fingerprint density at radius 1 is 1.31 bits per heavy atom. The first-order valence-electron chi connectivity index (χ1n) is 5.62. The van der Waals surface area contributed by atoms with Crippen LogP contribution >= 0.6 is 0 Å². The van der Waals surface area contributed by atoms with E-state index in [0.29, 0.717) is 0 Å². The Bertz CT molecular complexity index is 556. The summed E-state index contributed by atoms with van der Waals surface area (Å²) in [4.78, 5) is 17.1. The van der Waals surface area contributed by atoms with E-state index in [1.165, 1.54) is 10.9 Å². The van der Waals surface area contributed by atoms with Crippen LogP contribution in [0.1, 0.15) is 22.5 Å². The van der Waals surface area contributed by atoms with Gasteiger partial charge < -0.3 is 9.88 Å². The van der Waals surface area contributed by atoms with Crippen molar-refractivity contribution in [2.75, 3.05) is 13.6 Å². The van der Waals surface area contributed by atoms with Gasteiger partial charge in [-0.05, 0) is 24.5 Å². The first kappa shape index (κ1) is 9.46. The molecule has 1 N–H and O–H groups in total. The molecule has 0 saturated heterocycles. The highest BCUT2D eigenvalue weighted by Gasteiger charge is 2.23. The van der Waals surface area contributed by atoms with Gasteiger partial charge in [-0.25, -0.2) is 0 Å². The molecule has 0 aliphatic carbocycles. The average Bonchev–Trinajstić information content (AvgIpc) is 2.61. The van der Waals surface area contributed by atoms with Gasteiger partial charge in [0.15, 0.2) is 0 Å². The van der Waals surface area contributed by atoms with E-state index in [2.05, 4.69) is 11.1 Å². The first-order chi connectivity index (χ1) is 7.77. The smallest absolute Gasteiger partial charge is 0.270 e. The molecule has 0 atom stereocenters. The fourth-order valence-corrected chi connectivity index (χ4v) is 2.43. The number of rotatable bonds is 0. The second kappa shape index (κ2) is 3.37. The molecule has 3 nitrogen and oxygen atoms in total. The largest absolute Gasteiger partial charge is 0.350 e. The Kier molecular flexibility index (Phi) is 1.99. The Labute approximate surface area is 94.1 Å². The lowest BCUT2D eigenvalue weighted by Gasteiger charge is -2.12. The SMILES string of the molecule is CN1CCCc2c([nH]c3ccccc23)C1=O. The Hall–Kier alpha value is -1.77. The number of aromatic nitrogens is 1. The standard InChI is InChI=1S/C13H14N2O/c1-15-8-4-6-10-9-5-2-3-7-11(9)14-12(10)13(15)16/h2-3,5,7,14H,4,6,8H2,1H3. The van der Waals surface area contributed by atoms with Crippen LogP contribution in [0.25, 0.3) is 10.9 Å². The number of hydrogen-bond donors (Lipinski definition) is 1. The van der Waals surface area contributed by atoms with Gasteiger partial charge in [0, 0.05) is 24.5 Å². The number of hydrogen-bond acceptors (Lipinski definition) is 1. The van der Waals surface area contributed by atoms with Crippen molar-refractivity contribution in [2.45, 2.75) is 12.8 Å². The molecule has 3 rings (SSSR count). The molecule has 0 spiro atoms. The minimum Gasteiger partial charge on any atom is -0.350 e. The molecule has 1 aliphatic heterocycles. The van der Waals surface area contributed by atoms with Crippen molar-refractivity contribution in [3.63, 3.8) is 0 Å². The number of fused-ring (bicyclic) bond motifs is 3. The molecule has 3 heteroatoms. The van der Waals surface area contributed by atoms with E-state index in [9.17, 15) is 4.79 Å². The molecule has 0 unspecified atom stereocenters. The normalized spacial score (nSPS) is 16.3. The van der Waals surface area contributed by atoms with Gasteiger partial charge >= 0.3 is 0 Å². The van der Waals surface area contributed by atoms with Crippen LogP contribution in [0.5, 0.6) is 0 Å². The molecule has 1 aromatic carbocycles. The third kappa shape index (κ3) is 1.24. The minimum absolute atomic E-state index is 0.115. The molecule has 0 saturated carbocycles. The van der Waals surface area contributed by atoms with Gasteiger partial charge in [0.05, 0.1) is 0 Å². The zero-order valence-electron chi connectivity index (χ0n) is 9.29. The van der Waals surface area contributed by atoms with Crippen LogP contribution in [-0.2, 0) is 6.42 Å². The quantitative estimate of drug-likeness (QED) is 0.717. The van der Waals surface area contributed by atoms with Crippen LogP contribution in [0.3, 0.4) is 0 Å². The van der Waals surface area contributed by atoms with E-state index in [1.54, 1.807) is 4.90 Å². The van der Waals surface area contributed by atoms with Crippen molar-refractivity contribution < 1.29 is 4.79 Å². The van der Waals surface area contributed by atoms with Crippen LogP contribution < -0.4 is 0 Å². The van der Waals surface area contributed by atoms with Gasteiger partial charge in [0.1, 0.15) is 5.69 Å². The summed E-state index contributed by atoms with van der Waals surface area (Å²) in [5, 5.41) is 1.20. The van der Waals surface area contributed by atoms with Crippen molar-refractivity contribution in [2.24, 2.45) is 0 Å². The third-order valence-corrected chi connectivity index (χ3v) is 3.29. The highest BCUT2D eigenvalue weighted by atomic mass is 16.2. The lowest BCUT2D eigenvalue weighted by molar-refractivity contribution is 0.0795. The molecule has 1 aromatic heterocycles. The number of amides is 1. The molecular weight excluding hydrogens is 200 g/mol. The minimum atomic E-state index is 0.115. The second-order valence-corrected chi connectivity index (χ2v) is 4.35. The number of carbonyl (C=O) groups excluding carboxylic acids is 1. The summed E-state index contributed by atoms with van der Waals surface area (Å²) >= 11 is 0. The van der Waals surface area contributed by atoms with E-state index < -0.39 is 0 Å². The van der Waals surface area contributed by atoms with Crippen molar-refractivity contribution >= 4 is 16.8 Å². The van der Waals surface area contributed by atoms with Gasteiger partial charge in [-0.2, -0.15) is 0 Å². The molecule has 0 bridgehead atoms. The topological polar surface area (TPSA) is 36.1 Å². The first-order valence-corrected chi connectivity index (χ1v) is 5.62. The van der Waals surface area contributed by atoms with E-state index in [1.807, 2.05) is 25.2 Å². The van der Waals surface area contributed by atoms with Gasteiger partial charge in [-0.15, -0.1) is 0 Å². The van der Waals surface area contributed by atoms with Crippen molar-refractivity contribution in [3.05, 3.63) is 35.5 Å². The lowest BCUT2D eigenvalue weighted by Crippen LogP contribution is -2.26. The van der Waals surface area contributed by atoms with Crippen LogP contribution in [0.2, 0.25) is 0 Å². The van der Waals surface area contributed by atoms with Gasteiger partial charge in [-0.1, -0.05) is 18.2 Å². The number of aryl methyl sites for hydroxylation is 1. The number of nitrogens with one attached hydrogen (secondary N) is 1. The third-order valence-electron chi connectivity index (χ3n) is 3.29. The number of H-pyrrole nitrogens is 1. The van der Waals surface area contributed by atoms with Gasteiger partial charge in [0.25, 0.3) is 5.91 Å². The Morgan fingerprint density at radius 3 is 3.00 bits per heavy atom. The fourth-order valence-electron chi connectivity index (χ4n) is 2.43. The lowest BCUT2D eigenvalue weighted by atomic mass is 10.1. The van der Waals surface area contributed by atoms with Crippen molar-refractivity contribution in [3.8, 4) is 0 Å². The molecule has 82 valence electrons. The van der Waals surface area contributed by atoms with Gasteiger partial charge in [0.2, 0.25) is 0 Å².